The van der Waals surface area contributed by atoms with Gasteiger partial charge < -0.3 is 14.8 Å². The molecule has 3 rings (SSSR count). The predicted octanol–water partition coefficient (Wildman–Crippen LogP) is 4.25. The Bertz CT molecular complexity index is 586. The van der Waals surface area contributed by atoms with Crippen LogP contribution in [-0.4, -0.2) is 32.4 Å². The van der Waals surface area contributed by atoms with Crippen LogP contribution in [0.25, 0.3) is 0 Å². The molecule has 1 aliphatic rings. The Morgan fingerprint density at radius 2 is 1.79 bits per heavy atom. The maximum atomic E-state index is 6.21. The Labute approximate surface area is 154 Å². The molecule has 2 unspecified atom stereocenters. The zero-order valence-corrected chi connectivity index (χ0v) is 15.1. The molecule has 0 aromatic heterocycles. The highest BCUT2D eigenvalue weighted by atomic mass is 35.5. The van der Waals surface area contributed by atoms with Crippen molar-refractivity contribution in [1.29, 1.82) is 0 Å². The normalized spacial score (nSPS) is 18.6. The summed E-state index contributed by atoms with van der Waals surface area (Å²) in [6, 6.07) is 18.2. The molecule has 1 fully saturated rings. The Kier molecular flexibility index (Phi) is 8.03. The molecule has 1 saturated heterocycles. The Hall–Kier alpha value is -1.10. The second-order valence-electron chi connectivity index (χ2n) is 5.70. The van der Waals surface area contributed by atoms with Gasteiger partial charge in [-0.2, -0.15) is 0 Å². The van der Waals surface area contributed by atoms with Gasteiger partial charge >= 0.3 is 0 Å². The van der Waals surface area contributed by atoms with Crippen molar-refractivity contribution in [1.82, 2.24) is 5.32 Å². The van der Waals surface area contributed by atoms with Crippen LogP contribution in [0.1, 0.15) is 23.7 Å². The maximum Gasteiger partial charge on any atom is 0.108 e. The van der Waals surface area contributed by atoms with Gasteiger partial charge in [-0.05, 0) is 29.7 Å². The summed E-state index contributed by atoms with van der Waals surface area (Å²) in [5.41, 5.74) is 2.26. The van der Waals surface area contributed by atoms with Crippen molar-refractivity contribution < 1.29 is 9.47 Å². The maximum absolute atomic E-state index is 6.21. The van der Waals surface area contributed by atoms with Gasteiger partial charge in [0.05, 0.1) is 19.3 Å². The summed E-state index contributed by atoms with van der Waals surface area (Å²) in [6.45, 7) is 3.29. The van der Waals surface area contributed by atoms with E-state index >= 15 is 0 Å². The molecule has 1 aliphatic heterocycles. The zero-order chi connectivity index (χ0) is 15.9. The Balaban J connectivity index is 0.00000208. The third-order valence-electron chi connectivity index (χ3n) is 4.00. The van der Waals surface area contributed by atoms with Crippen molar-refractivity contribution in [3.05, 3.63) is 70.7 Å². The topological polar surface area (TPSA) is 30.5 Å². The van der Waals surface area contributed by atoms with Crippen LogP contribution in [0.2, 0.25) is 5.02 Å². The first-order valence-electron chi connectivity index (χ1n) is 8.07. The zero-order valence-electron chi connectivity index (χ0n) is 13.5. The van der Waals surface area contributed by atoms with Gasteiger partial charge in [0, 0.05) is 18.1 Å². The third-order valence-corrected chi connectivity index (χ3v) is 4.26. The Morgan fingerprint density at radius 1 is 1.08 bits per heavy atom. The summed E-state index contributed by atoms with van der Waals surface area (Å²) < 4.78 is 11.9. The summed E-state index contributed by atoms with van der Waals surface area (Å²) in [7, 11) is 0. The molecule has 0 bridgehead atoms. The molecule has 0 radical (unpaired) electrons. The summed E-state index contributed by atoms with van der Waals surface area (Å²) in [4.78, 5) is 0. The second kappa shape index (κ2) is 10.0. The van der Waals surface area contributed by atoms with Gasteiger partial charge in [0.1, 0.15) is 6.10 Å². The minimum absolute atomic E-state index is 0. The minimum Gasteiger partial charge on any atom is -0.375 e. The average molecular weight is 368 g/mol. The summed E-state index contributed by atoms with van der Waals surface area (Å²) in [5, 5.41) is 4.09. The van der Waals surface area contributed by atoms with E-state index in [1.54, 1.807) is 0 Å². The van der Waals surface area contributed by atoms with E-state index in [2.05, 4.69) is 17.4 Å². The van der Waals surface area contributed by atoms with Crippen LogP contribution in [0, 0.1) is 0 Å². The number of halogens is 2. The fourth-order valence-corrected chi connectivity index (χ4v) is 2.90. The lowest BCUT2D eigenvalue weighted by atomic mass is 10.0. The number of hydrogen-bond acceptors (Lipinski definition) is 3. The van der Waals surface area contributed by atoms with Gasteiger partial charge in [-0.15, -0.1) is 12.4 Å². The van der Waals surface area contributed by atoms with Crippen molar-refractivity contribution >= 4 is 24.0 Å². The van der Waals surface area contributed by atoms with Crippen molar-refractivity contribution in [3.8, 4) is 0 Å². The number of nitrogens with one attached hydrogen (secondary N) is 1. The van der Waals surface area contributed by atoms with Crippen molar-refractivity contribution in [2.75, 3.05) is 26.3 Å². The minimum atomic E-state index is -0.0787. The molecule has 0 amide bonds. The van der Waals surface area contributed by atoms with Gasteiger partial charge in [0.2, 0.25) is 0 Å². The van der Waals surface area contributed by atoms with Crippen LogP contribution >= 0.6 is 24.0 Å². The lowest BCUT2D eigenvalue weighted by Crippen LogP contribution is -2.39. The monoisotopic (exact) mass is 367 g/mol. The van der Waals surface area contributed by atoms with Crippen LogP contribution in [0.4, 0.5) is 0 Å². The summed E-state index contributed by atoms with van der Waals surface area (Å²) in [5.74, 6) is 0. The van der Waals surface area contributed by atoms with E-state index in [0.717, 1.165) is 42.3 Å². The SMILES string of the molecule is Cl.Clc1ccc(C(OCCC2CNCCO2)c2ccccc2)cc1. The van der Waals surface area contributed by atoms with E-state index in [4.69, 9.17) is 21.1 Å². The molecule has 24 heavy (non-hydrogen) atoms. The smallest absolute Gasteiger partial charge is 0.108 e. The van der Waals surface area contributed by atoms with Crippen LogP contribution in [0.15, 0.2) is 54.6 Å². The Morgan fingerprint density at radius 3 is 2.46 bits per heavy atom. The van der Waals surface area contributed by atoms with E-state index in [1.165, 1.54) is 0 Å². The van der Waals surface area contributed by atoms with Gasteiger partial charge in [-0.25, -0.2) is 0 Å². The molecular weight excluding hydrogens is 345 g/mol. The molecule has 1 N–H and O–H groups in total. The van der Waals surface area contributed by atoms with Gasteiger partial charge in [0.15, 0.2) is 0 Å². The number of hydrogen-bond donors (Lipinski definition) is 1. The lowest BCUT2D eigenvalue weighted by Gasteiger charge is -2.25. The molecule has 2 atom stereocenters. The predicted molar refractivity (Wildman–Crippen MR) is 100 cm³/mol. The molecule has 2 aromatic carbocycles. The first-order chi connectivity index (χ1) is 11.3. The van der Waals surface area contributed by atoms with E-state index in [-0.39, 0.29) is 24.6 Å². The largest absolute Gasteiger partial charge is 0.375 e. The number of rotatable bonds is 6. The highest BCUT2D eigenvalue weighted by Gasteiger charge is 2.17. The molecule has 130 valence electrons. The fourth-order valence-electron chi connectivity index (χ4n) is 2.77. The van der Waals surface area contributed by atoms with Gasteiger partial charge in [-0.3, -0.25) is 0 Å². The molecule has 1 heterocycles. The molecule has 3 nitrogen and oxygen atoms in total. The van der Waals surface area contributed by atoms with Crippen LogP contribution in [0.5, 0.6) is 0 Å². The average Bonchev–Trinajstić information content (AvgIpc) is 2.61. The first kappa shape index (κ1) is 19.2. The number of ether oxygens (including phenoxy) is 2. The van der Waals surface area contributed by atoms with E-state index in [9.17, 15) is 0 Å². The molecule has 0 aliphatic carbocycles. The molecule has 0 saturated carbocycles. The van der Waals surface area contributed by atoms with E-state index in [1.807, 2.05) is 42.5 Å². The summed E-state index contributed by atoms with van der Waals surface area (Å²) in [6.07, 6.45) is 1.06. The molecule has 2 aromatic rings. The van der Waals surface area contributed by atoms with Crippen molar-refractivity contribution in [2.24, 2.45) is 0 Å². The van der Waals surface area contributed by atoms with Crippen LogP contribution in [-0.2, 0) is 9.47 Å². The standard InChI is InChI=1S/C19H22ClNO2.ClH/c20-17-8-6-16(7-9-17)19(15-4-2-1-3-5-15)23-12-10-18-14-21-11-13-22-18;/h1-9,18-19,21H,10-14H2;1H. The van der Waals surface area contributed by atoms with Gasteiger partial charge in [0.25, 0.3) is 0 Å². The summed E-state index contributed by atoms with van der Waals surface area (Å²) >= 11 is 6.00. The lowest BCUT2D eigenvalue weighted by molar-refractivity contribution is -0.00715. The second-order valence-corrected chi connectivity index (χ2v) is 6.14. The molecular formula is C19H23Cl2NO2. The fraction of sp³-hybridized carbons (Fsp3) is 0.368. The first-order valence-corrected chi connectivity index (χ1v) is 8.45. The van der Waals surface area contributed by atoms with Crippen LogP contribution in [0.3, 0.4) is 0 Å². The van der Waals surface area contributed by atoms with E-state index < -0.39 is 0 Å². The van der Waals surface area contributed by atoms with Crippen LogP contribution < -0.4 is 5.32 Å². The van der Waals surface area contributed by atoms with Crippen molar-refractivity contribution in [2.45, 2.75) is 18.6 Å². The third kappa shape index (κ3) is 5.47. The highest BCUT2D eigenvalue weighted by Crippen LogP contribution is 2.27. The number of morpholine rings is 1. The molecule has 5 heteroatoms. The molecule has 0 spiro atoms. The number of benzene rings is 2. The van der Waals surface area contributed by atoms with Gasteiger partial charge in [-0.1, -0.05) is 54.1 Å². The quantitative estimate of drug-likeness (QED) is 0.827. The van der Waals surface area contributed by atoms with Crippen molar-refractivity contribution in [3.63, 3.8) is 0 Å². The van der Waals surface area contributed by atoms with E-state index in [0.29, 0.717) is 6.61 Å². The highest BCUT2D eigenvalue weighted by molar-refractivity contribution is 6.30.